The predicted molar refractivity (Wildman–Crippen MR) is 87.5 cm³/mol. The first-order chi connectivity index (χ1) is 10.5. The molecule has 0 amide bonds. The van der Waals surface area contributed by atoms with Crippen LogP contribution in [0.1, 0.15) is 36.1 Å². The van der Waals surface area contributed by atoms with E-state index in [1.807, 2.05) is 0 Å². The zero-order valence-electron chi connectivity index (χ0n) is 13.3. The first kappa shape index (κ1) is 20.0. The molecule has 1 aliphatic rings. The van der Waals surface area contributed by atoms with E-state index in [2.05, 4.69) is 14.8 Å². The largest absolute Gasteiger partial charge is 0.463 e. The van der Waals surface area contributed by atoms with Gasteiger partial charge in [0.05, 0.1) is 7.11 Å². The van der Waals surface area contributed by atoms with Crippen molar-refractivity contribution >= 4 is 28.4 Å². The van der Waals surface area contributed by atoms with Gasteiger partial charge in [-0.05, 0) is 31.8 Å². The third kappa shape index (κ3) is 4.94. The van der Waals surface area contributed by atoms with Gasteiger partial charge in [-0.2, -0.15) is 0 Å². The van der Waals surface area contributed by atoms with E-state index in [1.54, 1.807) is 6.92 Å². The normalized spacial score (nSPS) is 17.7. The van der Waals surface area contributed by atoms with Gasteiger partial charge in [-0.25, -0.2) is 17.9 Å². The third-order valence-electron chi connectivity index (χ3n) is 3.77. The predicted octanol–water partition coefficient (Wildman–Crippen LogP) is 1.33. The molecule has 9 heteroatoms. The lowest BCUT2D eigenvalue weighted by atomic mass is 10.1. The number of methoxy groups -OCH3 is 1. The van der Waals surface area contributed by atoms with Gasteiger partial charge in [-0.15, -0.1) is 12.4 Å². The van der Waals surface area contributed by atoms with Crippen molar-refractivity contribution in [2.24, 2.45) is 5.92 Å². The molecule has 1 atom stereocenters. The first-order valence-corrected chi connectivity index (χ1v) is 8.87. The van der Waals surface area contributed by atoms with Crippen LogP contribution in [0.2, 0.25) is 0 Å². The number of furan rings is 1. The molecule has 23 heavy (non-hydrogen) atoms. The molecule has 132 valence electrons. The summed E-state index contributed by atoms with van der Waals surface area (Å²) in [5.41, 5.74) is 0. The summed E-state index contributed by atoms with van der Waals surface area (Å²) in [6.07, 6.45) is 2.23. The highest BCUT2D eigenvalue weighted by molar-refractivity contribution is 7.89. The number of carbonyl (C=O) groups is 1. The van der Waals surface area contributed by atoms with Crippen LogP contribution >= 0.6 is 12.4 Å². The monoisotopic (exact) mass is 366 g/mol. The maximum Gasteiger partial charge on any atom is 0.373 e. The van der Waals surface area contributed by atoms with Crippen LogP contribution in [0.3, 0.4) is 0 Å². The number of nitrogens with one attached hydrogen (secondary N) is 2. The van der Waals surface area contributed by atoms with Crippen molar-refractivity contribution in [2.45, 2.75) is 31.1 Å². The summed E-state index contributed by atoms with van der Waals surface area (Å²) in [6, 6.07) is 1.23. The maximum atomic E-state index is 12.4. The molecule has 0 bridgehead atoms. The molecule has 1 aromatic rings. The quantitative estimate of drug-likeness (QED) is 0.706. The molecule has 0 aromatic carbocycles. The van der Waals surface area contributed by atoms with Crippen molar-refractivity contribution in [1.82, 2.24) is 10.0 Å². The molecule has 2 rings (SSSR count). The highest BCUT2D eigenvalue weighted by Crippen LogP contribution is 2.22. The highest BCUT2D eigenvalue weighted by Gasteiger charge is 2.25. The van der Waals surface area contributed by atoms with Gasteiger partial charge in [0.15, 0.2) is 0 Å². The molecule has 0 saturated carbocycles. The van der Waals surface area contributed by atoms with Gasteiger partial charge in [-0.3, -0.25) is 0 Å². The van der Waals surface area contributed by atoms with Crippen molar-refractivity contribution in [3.8, 4) is 0 Å². The minimum absolute atomic E-state index is 0. The van der Waals surface area contributed by atoms with Crippen LogP contribution in [-0.4, -0.2) is 41.1 Å². The maximum absolute atomic E-state index is 12.4. The Balaban J connectivity index is 0.00000264. The minimum Gasteiger partial charge on any atom is -0.463 e. The number of hydrogen-bond donors (Lipinski definition) is 2. The van der Waals surface area contributed by atoms with Crippen LogP contribution in [0.25, 0.3) is 0 Å². The molecule has 0 radical (unpaired) electrons. The van der Waals surface area contributed by atoms with Gasteiger partial charge >= 0.3 is 5.97 Å². The highest BCUT2D eigenvalue weighted by atomic mass is 35.5. The number of halogens is 1. The van der Waals surface area contributed by atoms with Crippen LogP contribution < -0.4 is 10.0 Å². The van der Waals surface area contributed by atoms with Gasteiger partial charge < -0.3 is 14.5 Å². The van der Waals surface area contributed by atoms with E-state index >= 15 is 0 Å². The Bertz CT molecular complexity index is 623. The number of rotatable bonds is 7. The fourth-order valence-corrected chi connectivity index (χ4v) is 3.81. The van der Waals surface area contributed by atoms with Gasteiger partial charge in [0.2, 0.25) is 15.8 Å². The molecule has 1 saturated heterocycles. The lowest BCUT2D eigenvalue weighted by molar-refractivity contribution is 0.0563. The Hall–Kier alpha value is -1.09. The van der Waals surface area contributed by atoms with E-state index in [-0.39, 0.29) is 28.8 Å². The molecule has 1 aromatic heterocycles. The molecule has 0 aliphatic carbocycles. The molecule has 2 N–H and O–H groups in total. The summed E-state index contributed by atoms with van der Waals surface area (Å²) in [5.74, 6) is -0.0216. The Morgan fingerprint density at radius 3 is 2.83 bits per heavy atom. The van der Waals surface area contributed by atoms with Crippen LogP contribution in [-0.2, 0) is 21.2 Å². The second kappa shape index (κ2) is 8.68. The van der Waals surface area contributed by atoms with Crippen molar-refractivity contribution in [1.29, 1.82) is 0 Å². The average Bonchev–Trinajstić information content (AvgIpc) is 3.15. The second-order valence-corrected chi connectivity index (χ2v) is 7.02. The van der Waals surface area contributed by atoms with Crippen molar-refractivity contribution in [2.75, 3.05) is 26.7 Å². The fourth-order valence-electron chi connectivity index (χ4n) is 2.52. The zero-order valence-corrected chi connectivity index (χ0v) is 14.9. The van der Waals surface area contributed by atoms with E-state index in [9.17, 15) is 13.2 Å². The van der Waals surface area contributed by atoms with Crippen LogP contribution in [0.4, 0.5) is 0 Å². The van der Waals surface area contributed by atoms with Gasteiger partial charge in [0.1, 0.15) is 10.7 Å². The zero-order chi connectivity index (χ0) is 16.2. The standard InChI is InChI=1S/C14H22N2O5S.ClH/c1-3-11-13(8-12(21-11)14(17)20-2)22(18,19)16-7-5-10-4-6-15-9-10;/h8,10,15-16H,3-7,9H2,1-2H3;1H. The summed E-state index contributed by atoms with van der Waals surface area (Å²) in [4.78, 5) is 11.5. The Labute approximate surface area is 142 Å². The fraction of sp³-hybridized carbons (Fsp3) is 0.643. The van der Waals surface area contributed by atoms with Crippen LogP contribution in [0, 0.1) is 5.92 Å². The van der Waals surface area contributed by atoms with Crippen LogP contribution in [0.15, 0.2) is 15.4 Å². The van der Waals surface area contributed by atoms with Crippen molar-refractivity contribution in [3.63, 3.8) is 0 Å². The number of esters is 1. The van der Waals surface area contributed by atoms with E-state index in [0.717, 1.165) is 25.9 Å². The summed E-state index contributed by atoms with van der Waals surface area (Å²) in [5, 5.41) is 3.25. The van der Waals surface area contributed by atoms with E-state index < -0.39 is 16.0 Å². The molecule has 1 unspecified atom stereocenters. The lowest BCUT2D eigenvalue weighted by Crippen LogP contribution is -2.27. The molecule has 2 heterocycles. The number of carbonyl (C=O) groups excluding carboxylic acids is 1. The average molecular weight is 367 g/mol. The van der Waals surface area contributed by atoms with Crippen molar-refractivity contribution in [3.05, 3.63) is 17.6 Å². The molecule has 0 spiro atoms. The number of sulfonamides is 1. The van der Waals surface area contributed by atoms with Gasteiger partial charge in [0.25, 0.3) is 0 Å². The SMILES string of the molecule is CCc1oc(C(=O)OC)cc1S(=O)(=O)NCCC1CCNC1.Cl. The van der Waals surface area contributed by atoms with Crippen molar-refractivity contribution < 1.29 is 22.4 Å². The molecular weight excluding hydrogens is 344 g/mol. The summed E-state index contributed by atoms with van der Waals surface area (Å²) < 4.78 is 37.2. The number of hydrogen-bond acceptors (Lipinski definition) is 6. The smallest absolute Gasteiger partial charge is 0.373 e. The summed E-state index contributed by atoms with van der Waals surface area (Å²) in [6.45, 7) is 4.06. The Morgan fingerprint density at radius 1 is 1.52 bits per heavy atom. The second-order valence-electron chi connectivity index (χ2n) is 5.29. The molecule has 7 nitrogen and oxygen atoms in total. The van der Waals surface area contributed by atoms with Gasteiger partial charge in [0, 0.05) is 19.0 Å². The topological polar surface area (TPSA) is 97.6 Å². The molecule has 1 fully saturated rings. The summed E-state index contributed by atoms with van der Waals surface area (Å²) in [7, 11) is -2.47. The van der Waals surface area contributed by atoms with Gasteiger partial charge in [-0.1, -0.05) is 6.92 Å². The number of ether oxygens (including phenoxy) is 1. The lowest BCUT2D eigenvalue weighted by Gasteiger charge is -2.09. The summed E-state index contributed by atoms with van der Waals surface area (Å²) >= 11 is 0. The Morgan fingerprint density at radius 2 is 2.26 bits per heavy atom. The van der Waals surface area contributed by atoms with E-state index in [0.29, 0.717) is 18.9 Å². The van der Waals surface area contributed by atoms with E-state index in [4.69, 9.17) is 4.42 Å². The molecule has 1 aliphatic heterocycles. The third-order valence-corrected chi connectivity index (χ3v) is 5.28. The number of aryl methyl sites for hydroxylation is 1. The first-order valence-electron chi connectivity index (χ1n) is 7.39. The van der Waals surface area contributed by atoms with E-state index in [1.165, 1.54) is 13.2 Å². The minimum atomic E-state index is -3.69. The van der Waals surface area contributed by atoms with Crippen LogP contribution in [0.5, 0.6) is 0 Å². The molecular formula is C14H23ClN2O5S. The Kier molecular flexibility index (Phi) is 7.53.